The number of methoxy groups -OCH3 is 3. The summed E-state index contributed by atoms with van der Waals surface area (Å²) < 4.78 is 15.9. The van der Waals surface area contributed by atoms with Gasteiger partial charge in [-0.1, -0.05) is 30.3 Å². The Morgan fingerprint density at radius 3 is 2.08 bits per heavy atom. The van der Waals surface area contributed by atoms with Crippen LogP contribution in [0.4, 0.5) is 0 Å². The molecule has 0 bridgehead atoms. The number of likely N-dealkylation sites (N-methyl/N-ethyl adjacent to an activating group) is 1. The quantitative estimate of drug-likeness (QED) is 0.786. The molecule has 1 N–H and O–H groups in total. The molecule has 2 rings (SSSR count). The largest absolute Gasteiger partial charge is 0.496 e. The molecule has 0 heterocycles. The number of hydrogen-bond donors (Lipinski definition) is 1. The van der Waals surface area contributed by atoms with Crippen molar-refractivity contribution in [2.75, 3.05) is 42.0 Å². The van der Waals surface area contributed by atoms with Crippen molar-refractivity contribution in [2.24, 2.45) is 0 Å². The van der Waals surface area contributed by atoms with E-state index < -0.39 is 0 Å². The summed E-state index contributed by atoms with van der Waals surface area (Å²) in [6.45, 7) is 0.466. The Balaban J connectivity index is 2.21. The standard InChI is InChI=1S/C20H26N2O4/c1-22(2)16(14-9-7-6-8-10-14)13-21-20(23)15-11-18(25-4)19(26-5)12-17(15)24-3/h6-12,16H,13H2,1-5H3,(H,21,23)/t16-/m1/s1. The number of rotatable bonds is 8. The van der Waals surface area contributed by atoms with Crippen molar-refractivity contribution in [3.05, 3.63) is 53.6 Å². The molecule has 1 amide bonds. The van der Waals surface area contributed by atoms with E-state index in [1.54, 1.807) is 19.2 Å². The lowest BCUT2D eigenvalue weighted by Gasteiger charge is -2.25. The first kappa shape index (κ1) is 19.6. The van der Waals surface area contributed by atoms with Crippen LogP contribution in [-0.4, -0.2) is 52.8 Å². The number of benzene rings is 2. The fraction of sp³-hybridized carbons (Fsp3) is 0.350. The Kier molecular flexibility index (Phi) is 6.86. The first-order chi connectivity index (χ1) is 12.5. The van der Waals surface area contributed by atoms with Crippen molar-refractivity contribution in [2.45, 2.75) is 6.04 Å². The summed E-state index contributed by atoms with van der Waals surface area (Å²) in [5.74, 6) is 1.19. The van der Waals surface area contributed by atoms with Crippen LogP contribution in [0.25, 0.3) is 0 Å². The van der Waals surface area contributed by atoms with Crippen molar-refractivity contribution >= 4 is 5.91 Å². The smallest absolute Gasteiger partial charge is 0.255 e. The fourth-order valence-corrected chi connectivity index (χ4v) is 2.77. The fourth-order valence-electron chi connectivity index (χ4n) is 2.77. The Hall–Kier alpha value is -2.73. The summed E-state index contributed by atoms with van der Waals surface area (Å²) in [5, 5.41) is 2.99. The van der Waals surface area contributed by atoms with Crippen LogP contribution < -0.4 is 19.5 Å². The molecule has 0 aromatic heterocycles. The lowest BCUT2D eigenvalue weighted by Crippen LogP contribution is -2.34. The van der Waals surface area contributed by atoms with E-state index in [1.807, 2.05) is 44.4 Å². The molecule has 2 aromatic carbocycles. The third-order valence-electron chi connectivity index (χ3n) is 4.21. The minimum atomic E-state index is -0.231. The molecule has 140 valence electrons. The molecule has 0 fully saturated rings. The highest BCUT2D eigenvalue weighted by Crippen LogP contribution is 2.34. The van der Waals surface area contributed by atoms with Crippen molar-refractivity contribution in [1.29, 1.82) is 0 Å². The molecule has 6 heteroatoms. The van der Waals surface area contributed by atoms with Crippen LogP contribution in [0.5, 0.6) is 17.2 Å². The Morgan fingerprint density at radius 2 is 1.54 bits per heavy atom. The molecule has 0 aliphatic rings. The Labute approximate surface area is 154 Å². The van der Waals surface area contributed by atoms with Crippen LogP contribution in [0.15, 0.2) is 42.5 Å². The van der Waals surface area contributed by atoms with Gasteiger partial charge in [-0.3, -0.25) is 4.79 Å². The highest BCUT2D eigenvalue weighted by Gasteiger charge is 2.20. The molecule has 0 aliphatic heterocycles. The second kappa shape index (κ2) is 9.10. The van der Waals surface area contributed by atoms with E-state index in [2.05, 4.69) is 10.2 Å². The first-order valence-corrected chi connectivity index (χ1v) is 8.31. The minimum absolute atomic E-state index is 0.0614. The zero-order valence-electron chi connectivity index (χ0n) is 15.9. The second-order valence-electron chi connectivity index (χ2n) is 6.01. The zero-order chi connectivity index (χ0) is 19.1. The second-order valence-corrected chi connectivity index (χ2v) is 6.01. The van der Waals surface area contributed by atoms with Gasteiger partial charge in [-0.2, -0.15) is 0 Å². The Morgan fingerprint density at radius 1 is 0.962 bits per heavy atom. The third-order valence-corrected chi connectivity index (χ3v) is 4.21. The number of nitrogens with zero attached hydrogens (tertiary/aromatic N) is 1. The molecule has 0 aliphatic carbocycles. The van der Waals surface area contributed by atoms with Crippen LogP contribution in [0, 0.1) is 0 Å². The van der Waals surface area contributed by atoms with E-state index in [-0.39, 0.29) is 11.9 Å². The predicted molar refractivity (Wildman–Crippen MR) is 101 cm³/mol. The van der Waals surface area contributed by atoms with Crippen LogP contribution in [0.1, 0.15) is 22.0 Å². The van der Waals surface area contributed by atoms with Gasteiger partial charge in [0.2, 0.25) is 0 Å². The highest BCUT2D eigenvalue weighted by molar-refractivity contribution is 5.97. The molecule has 0 radical (unpaired) electrons. The third kappa shape index (κ3) is 4.46. The minimum Gasteiger partial charge on any atom is -0.496 e. The zero-order valence-corrected chi connectivity index (χ0v) is 15.9. The van der Waals surface area contributed by atoms with Gasteiger partial charge in [0.1, 0.15) is 5.75 Å². The van der Waals surface area contributed by atoms with Gasteiger partial charge in [-0.25, -0.2) is 0 Å². The number of carbonyl (C=O) groups is 1. The molecule has 0 saturated carbocycles. The molecular weight excluding hydrogens is 332 g/mol. The molecular formula is C20H26N2O4. The number of nitrogens with one attached hydrogen (secondary N) is 1. The monoisotopic (exact) mass is 358 g/mol. The molecule has 2 aromatic rings. The van der Waals surface area contributed by atoms with Crippen LogP contribution in [0.2, 0.25) is 0 Å². The number of ether oxygens (including phenoxy) is 3. The number of carbonyl (C=O) groups excluding carboxylic acids is 1. The van der Waals surface area contributed by atoms with E-state index in [4.69, 9.17) is 14.2 Å². The van der Waals surface area contributed by atoms with Gasteiger partial charge in [-0.15, -0.1) is 0 Å². The summed E-state index contributed by atoms with van der Waals surface area (Å²) in [5.41, 5.74) is 1.53. The van der Waals surface area contributed by atoms with Crippen molar-refractivity contribution < 1.29 is 19.0 Å². The first-order valence-electron chi connectivity index (χ1n) is 8.31. The topological polar surface area (TPSA) is 60.0 Å². The summed E-state index contributed by atoms with van der Waals surface area (Å²) >= 11 is 0. The summed E-state index contributed by atoms with van der Waals surface area (Å²) in [4.78, 5) is 14.8. The molecule has 0 saturated heterocycles. The van der Waals surface area contributed by atoms with E-state index in [0.717, 1.165) is 5.56 Å². The SMILES string of the molecule is COc1cc(OC)c(C(=O)NC[C@H](c2ccccc2)N(C)C)cc1OC. The molecule has 6 nitrogen and oxygen atoms in total. The van der Waals surface area contributed by atoms with E-state index in [0.29, 0.717) is 29.4 Å². The van der Waals surface area contributed by atoms with Crippen molar-refractivity contribution in [3.63, 3.8) is 0 Å². The van der Waals surface area contributed by atoms with Crippen LogP contribution in [0.3, 0.4) is 0 Å². The summed E-state index contributed by atoms with van der Waals surface area (Å²) in [7, 11) is 8.56. The number of amides is 1. The maximum absolute atomic E-state index is 12.7. The molecule has 0 unspecified atom stereocenters. The summed E-state index contributed by atoms with van der Waals surface area (Å²) in [6, 6.07) is 13.4. The lowest BCUT2D eigenvalue weighted by atomic mass is 10.1. The Bertz CT molecular complexity index is 732. The maximum atomic E-state index is 12.7. The average molecular weight is 358 g/mol. The molecule has 1 atom stereocenters. The van der Waals surface area contributed by atoms with Gasteiger partial charge in [0.25, 0.3) is 5.91 Å². The van der Waals surface area contributed by atoms with E-state index >= 15 is 0 Å². The van der Waals surface area contributed by atoms with E-state index in [1.165, 1.54) is 14.2 Å². The number of hydrogen-bond acceptors (Lipinski definition) is 5. The van der Waals surface area contributed by atoms with Crippen LogP contribution >= 0.6 is 0 Å². The normalized spacial score (nSPS) is 11.8. The predicted octanol–water partition coefficient (Wildman–Crippen LogP) is 2.75. The van der Waals surface area contributed by atoms with Crippen molar-refractivity contribution in [1.82, 2.24) is 10.2 Å². The lowest BCUT2D eigenvalue weighted by molar-refractivity contribution is 0.0938. The van der Waals surface area contributed by atoms with E-state index in [9.17, 15) is 4.79 Å². The van der Waals surface area contributed by atoms with Gasteiger partial charge in [0.05, 0.1) is 32.9 Å². The average Bonchev–Trinajstić information content (AvgIpc) is 2.67. The molecule has 26 heavy (non-hydrogen) atoms. The van der Waals surface area contributed by atoms with Gasteiger partial charge < -0.3 is 24.4 Å². The van der Waals surface area contributed by atoms with Gasteiger partial charge >= 0.3 is 0 Å². The van der Waals surface area contributed by atoms with Gasteiger partial charge in [0.15, 0.2) is 11.5 Å². The highest BCUT2D eigenvalue weighted by atomic mass is 16.5. The maximum Gasteiger partial charge on any atom is 0.255 e. The van der Waals surface area contributed by atoms with Crippen LogP contribution in [-0.2, 0) is 0 Å². The summed E-state index contributed by atoms with van der Waals surface area (Å²) in [6.07, 6.45) is 0. The van der Waals surface area contributed by atoms with Gasteiger partial charge in [0, 0.05) is 18.7 Å². The van der Waals surface area contributed by atoms with Gasteiger partial charge in [-0.05, 0) is 19.7 Å². The molecule has 0 spiro atoms. The van der Waals surface area contributed by atoms with Crippen molar-refractivity contribution in [3.8, 4) is 17.2 Å².